The zero-order chi connectivity index (χ0) is 7.31. The van der Waals surface area contributed by atoms with Crippen LogP contribution in [0.3, 0.4) is 0 Å². The number of rotatable bonds is 0. The largest absolute Gasteiger partial charge is 0.375 e. The summed E-state index contributed by atoms with van der Waals surface area (Å²) >= 11 is 0. The van der Waals surface area contributed by atoms with Crippen molar-refractivity contribution in [3.05, 3.63) is 0 Å². The van der Waals surface area contributed by atoms with E-state index in [4.69, 9.17) is 9.47 Å². The Balaban J connectivity index is 1.76. The fraction of sp³-hybridized carbons (Fsp3) is 1.00. The van der Waals surface area contributed by atoms with E-state index < -0.39 is 0 Å². The second-order valence-electron chi connectivity index (χ2n) is 4.09. The molecule has 0 amide bonds. The Kier molecular flexibility index (Phi) is 1.16. The molecule has 3 atom stereocenters. The molecule has 3 fully saturated rings. The highest BCUT2D eigenvalue weighted by Gasteiger charge is 2.52. The summed E-state index contributed by atoms with van der Waals surface area (Å²) in [6.07, 6.45) is 7.39. The van der Waals surface area contributed by atoms with Crippen molar-refractivity contribution in [2.75, 3.05) is 6.61 Å². The summed E-state index contributed by atoms with van der Waals surface area (Å²) in [5.41, 5.74) is 0.262. The molecule has 1 saturated carbocycles. The number of fused-ring (bicyclic) bond motifs is 1. The molecule has 2 saturated heterocycles. The monoisotopic (exact) mass is 154 g/mol. The molecule has 0 aromatic carbocycles. The summed E-state index contributed by atoms with van der Waals surface area (Å²) in [6.45, 7) is 0.984. The van der Waals surface area contributed by atoms with Gasteiger partial charge in [-0.2, -0.15) is 0 Å². The second kappa shape index (κ2) is 1.99. The van der Waals surface area contributed by atoms with Crippen molar-refractivity contribution >= 4 is 0 Å². The maximum absolute atomic E-state index is 5.80. The van der Waals surface area contributed by atoms with Gasteiger partial charge in [-0.3, -0.25) is 0 Å². The van der Waals surface area contributed by atoms with E-state index in [-0.39, 0.29) is 5.60 Å². The van der Waals surface area contributed by atoms with Gasteiger partial charge in [0.25, 0.3) is 0 Å². The first-order valence-electron chi connectivity index (χ1n) is 4.67. The van der Waals surface area contributed by atoms with E-state index in [1.165, 1.54) is 32.1 Å². The minimum atomic E-state index is 0.262. The molecule has 11 heavy (non-hydrogen) atoms. The van der Waals surface area contributed by atoms with Crippen LogP contribution in [0.25, 0.3) is 0 Å². The van der Waals surface area contributed by atoms with Gasteiger partial charge in [-0.25, -0.2) is 0 Å². The van der Waals surface area contributed by atoms with Crippen LogP contribution in [0.15, 0.2) is 0 Å². The highest BCUT2D eigenvalue weighted by atomic mass is 16.6. The van der Waals surface area contributed by atoms with Gasteiger partial charge in [-0.1, -0.05) is 0 Å². The fourth-order valence-corrected chi connectivity index (χ4v) is 2.60. The zero-order valence-corrected chi connectivity index (χ0v) is 6.71. The third-order valence-electron chi connectivity index (χ3n) is 3.33. The van der Waals surface area contributed by atoms with Gasteiger partial charge < -0.3 is 9.47 Å². The van der Waals surface area contributed by atoms with Crippen molar-refractivity contribution in [2.45, 2.75) is 49.9 Å². The Morgan fingerprint density at radius 1 is 1.18 bits per heavy atom. The Hall–Kier alpha value is -0.0800. The molecule has 1 unspecified atom stereocenters. The molecular formula is C9H14O2. The van der Waals surface area contributed by atoms with Crippen molar-refractivity contribution in [1.82, 2.24) is 0 Å². The lowest BCUT2D eigenvalue weighted by atomic mass is 9.83. The van der Waals surface area contributed by atoms with Crippen molar-refractivity contribution in [2.24, 2.45) is 0 Å². The van der Waals surface area contributed by atoms with Gasteiger partial charge in [0, 0.05) is 13.0 Å². The van der Waals surface area contributed by atoms with Gasteiger partial charge in [-0.05, 0) is 25.7 Å². The molecule has 3 rings (SSSR count). The molecule has 2 heteroatoms. The van der Waals surface area contributed by atoms with Gasteiger partial charge in [-0.15, -0.1) is 0 Å². The topological polar surface area (TPSA) is 21.8 Å². The van der Waals surface area contributed by atoms with Gasteiger partial charge in [0.05, 0.1) is 17.8 Å². The highest BCUT2D eigenvalue weighted by molar-refractivity contribution is 5.01. The molecule has 0 bridgehead atoms. The molecule has 0 N–H and O–H groups in total. The first-order valence-corrected chi connectivity index (χ1v) is 4.67. The molecule has 2 heterocycles. The van der Waals surface area contributed by atoms with E-state index in [2.05, 4.69) is 0 Å². The van der Waals surface area contributed by atoms with Crippen LogP contribution >= 0.6 is 0 Å². The Bertz CT molecular complexity index is 172. The summed E-state index contributed by atoms with van der Waals surface area (Å²) in [5.74, 6) is 0. The summed E-state index contributed by atoms with van der Waals surface area (Å²) < 4.78 is 11.3. The number of hydrogen-bond donors (Lipinski definition) is 0. The lowest BCUT2D eigenvalue weighted by molar-refractivity contribution is -0.0192. The fourth-order valence-electron chi connectivity index (χ4n) is 2.60. The first kappa shape index (κ1) is 6.44. The molecular weight excluding hydrogens is 140 g/mol. The number of hydrogen-bond acceptors (Lipinski definition) is 2. The molecule has 62 valence electrons. The summed E-state index contributed by atoms with van der Waals surface area (Å²) in [7, 11) is 0. The number of ether oxygens (including phenoxy) is 2. The molecule has 3 aliphatic rings. The van der Waals surface area contributed by atoms with Crippen LogP contribution in [0.5, 0.6) is 0 Å². The van der Waals surface area contributed by atoms with Crippen LogP contribution < -0.4 is 0 Å². The smallest absolute Gasteiger partial charge is 0.0869 e. The Labute approximate surface area is 66.9 Å². The maximum Gasteiger partial charge on any atom is 0.0869 e. The van der Waals surface area contributed by atoms with Crippen LogP contribution in [-0.2, 0) is 9.47 Å². The normalized spacial score (nSPS) is 54.5. The quantitative estimate of drug-likeness (QED) is 0.493. The van der Waals surface area contributed by atoms with Crippen LogP contribution in [0, 0.1) is 0 Å². The predicted molar refractivity (Wildman–Crippen MR) is 40.4 cm³/mol. The van der Waals surface area contributed by atoms with E-state index in [0.29, 0.717) is 12.2 Å². The maximum atomic E-state index is 5.80. The minimum absolute atomic E-state index is 0.262. The van der Waals surface area contributed by atoms with Crippen LogP contribution in [0.1, 0.15) is 32.1 Å². The molecule has 0 aromatic heterocycles. The standard InChI is InChI=1S/C9H14O2/c1-3-9(10-5-1)4-2-7-8(6-9)11-7/h7-8H,1-6H2/t7-,8-,9?/m1/s1. The SMILES string of the molecule is C1COC2(C1)CC[C@H]1O[C@@H]1C2. The van der Waals surface area contributed by atoms with E-state index >= 15 is 0 Å². The van der Waals surface area contributed by atoms with Crippen molar-refractivity contribution in [3.8, 4) is 0 Å². The average molecular weight is 154 g/mol. The molecule has 0 aromatic rings. The van der Waals surface area contributed by atoms with Gasteiger partial charge in [0.15, 0.2) is 0 Å². The zero-order valence-electron chi connectivity index (χ0n) is 6.71. The average Bonchev–Trinajstić information content (AvgIpc) is 2.63. The summed E-state index contributed by atoms with van der Waals surface area (Å²) in [5, 5.41) is 0. The summed E-state index contributed by atoms with van der Waals surface area (Å²) in [4.78, 5) is 0. The van der Waals surface area contributed by atoms with Gasteiger partial charge >= 0.3 is 0 Å². The van der Waals surface area contributed by atoms with Gasteiger partial charge in [0.2, 0.25) is 0 Å². The van der Waals surface area contributed by atoms with E-state index in [9.17, 15) is 0 Å². The van der Waals surface area contributed by atoms with Gasteiger partial charge in [0.1, 0.15) is 0 Å². The molecule has 1 aliphatic carbocycles. The molecule has 1 spiro atoms. The third-order valence-corrected chi connectivity index (χ3v) is 3.33. The third kappa shape index (κ3) is 0.926. The number of epoxide rings is 1. The molecule has 2 aliphatic heterocycles. The van der Waals surface area contributed by atoms with Crippen molar-refractivity contribution in [3.63, 3.8) is 0 Å². The predicted octanol–water partition coefficient (Wildman–Crippen LogP) is 1.49. The van der Waals surface area contributed by atoms with Crippen LogP contribution in [-0.4, -0.2) is 24.4 Å². The van der Waals surface area contributed by atoms with E-state index in [1.54, 1.807) is 0 Å². The summed E-state index contributed by atoms with van der Waals surface area (Å²) in [6, 6.07) is 0. The Morgan fingerprint density at radius 2 is 2.18 bits per heavy atom. The molecule has 2 nitrogen and oxygen atoms in total. The van der Waals surface area contributed by atoms with Crippen LogP contribution in [0.2, 0.25) is 0 Å². The lowest BCUT2D eigenvalue weighted by Crippen LogP contribution is -2.33. The minimum Gasteiger partial charge on any atom is -0.375 e. The van der Waals surface area contributed by atoms with E-state index in [0.717, 1.165) is 6.61 Å². The second-order valence-corrected chi connectivity index (χ2v) is 4.09. The lowest BCUT2D eigenvalue weighted by Gasteiger charge is -2.29. The highest BCUT2D eigenvalue weighted by Crippen LogP contribution is 2.47. The van der Waals surface area contributed by atoms with Crippen molar-refractivity contribution in [1.29, 1.82) is 0 Å². The van der Waals surface area contributed by atoms with E-state index in [1.807, 2.05) is 0 Å². The molecule has 0 radical (unpaired) electrons. The van der Waals surface area contributed by atoms with Crippen molar-refractivity contribution < 1.29 is 9.47 Å². The first-order chi connectivity index (χ1) is 5.38. The van der Waals surface area contributed by atoms with Crippen LogP contribution in [0.4, 0.5) is 0 Å². The Morgan fingerprint density at radius 3 is 2.91 bits per heavy atom.